The second-order valence-electron chi connectivity index (χ2n) is 7.11. The molecule has 30 heavy (non-hydrogen) atoms. The summed E-state index contributed by atoms with van der Waals surface area (Å²) in [4.78, 5) is 25.9. The van der Waals surface area contributed by atoms with Crippen molar-refractivity contribution in [1.29, 1.82) is 0 Å². The molecule has 0 radical (unpaired) electrons. The third-order valence-corrected chi connectivity index (χ3v) is 7.03. The first kappa shape index (κ1) is 20.3. The van der Waals surface area contributed by atoms with E-state index >= 15 is 0 Å². The van der Waals surface area contributed by atoms with E-state index in [1.165, 1.54) is 46.8 Å². The van der Waals surface area contributed by atoms with Gasteiger partial charge in [-0.2, -0.15) is 4.31 Å². The Hall–Kier alpha value is -2.98. The number of benzene rings is 2. The summed E-state index contributed by atoms with van der Waals surface area (Å²) >= 11 is 0. The van der Waals surface area contributed by atoms with E-state index in [4.69, 9.17) is 4.74 Å². The number of nitrogens with one attached hydrogen (secondary N) is 1. The largest absolute Gasteiger partial charge is 0.479 e. The van der Waals surface area contributed by atoms with Crippen LogP contribution in [0, 0.1) is 5.82 Å². The van der Waals surface area contributed by atoms with E-state index < -0.39 is 21.9 Å². The molecule has 0 aromatic heterocycles. The van der Waals surface area contributed by atoms with Crippen molar-refractivity contribution >= 4 is 27.5 Å². The molecule has 0 unspecified atom stereocenters. The molecule has 2 amide bonds. The van der Waals surface area contributed by atoms with Crippen LogP contribution in [0.1, 0.15) is 17.3 Å². The van der Waals surface area contributed by atoms with E-state index in [9.17, 15) is 22.4 Å². The van der Waals surface area contributed by atoms with E-state index in [1.807, 2.05) is 0 Å². The minimum Gasteiger partial charge on any atom is -0.479 e. The van der Waals surface area contributed by atoms with Crippen LogP contribution in [0.25, 0.3) is 0 Å². The molecule has 2 aromatic carbocycles. The predicted molar refractivity (Wildman–Crippen MR) is 106 cm³/mol. The van der Waals surface area contributed by atoms with Crippen molar-refractivity contribution in [3.63, 3.8) is 0 Å². The smallest absolute Gasteiger partial charge is 0.265 e. The lowest BCUT2D eigenvalue weighted by molar-refractivity contribution is -0.122. The van der Waals surface area contributed by atoms with E-state index in [2.05, 4.69) is 5.32 Å². The highest BCUT2D eigenvalue weighted by Crippen LogP contribution is 2.33. The van der Waals surface area contributed by atoms with Crippen molar-refractivity contribution in [3.05, 3.63) is 53.8 Å². The number of amides is 2. The molecule has 0 aliphatic carbocycles. The Morgan fingerprint density at radius 2 is 1.77 bits per heavy atom. The number of sulfonamides is 1. The number of halogens is 1. The monoisotopic (exact) mass is 433 g/mol. The normalized spacial score (nSPS) is 19.6. The number of ether oxygens (including phenoxy) is 1. The van der Waals surface area contributed by atoms with Gasteiger partial charge < -0.3 is 15.0 Å². The Labute approximate surface area is 173 Å². The average molecular weight is 433 g/mol. The van der Waals surface area contributed by atoms with Crippen LogP contribution in [-0.4, -0.2) is 61.7 Å². The Morgan fingerprint density at radius 3 is 2.43 bits per heavy atom. The van der Waals surface area contributed by atoms with Crippen molar-refractivity contribution in [3.8, 4) is 5.75 Å². The Morgan fingerprint density at radius 1 is 1.10 bits per heavy atom. The van der Waals surface area contributed by atoms with E-state index in [1.54, 1.807) is 11.8 Å². The maximum atomic E-state index is 13.1. The summed E-state index contributed by atoms with van der Waals surface area (Å²) < 4.78 is 45.9. The Kier molecular flexibility index (Phi) is 5.20. The van der Waals surface area contributed by atoms with Crippen LogP contribution in [0.3, 0.4) is 0 Å². The first-order chi connectivity index (χ1) is 14.3. The maximum Gasteiger partial charge on any atom is 0.265 e. The Balaban J connectivity index is 1.46. The molecular formula is C20H20FN3O5S. The van der Waals surface area contributed by atoms with Gasteiger partial charge in [-0.1, -0.05) is 0 Å². The van der Waals surface area contributed by atoms with Crippen molar-refractivity contribution in [2.45, 2.75) is 17.9 Å². The maximum absolute atomic E-state index is 13.1. The number of rotatable bonds is 3. The van der Waals surface area contributed by atoms with E-state index in [0.29, 0.717) is 17.0 Å². The number of piperazine rings is 1. The molecule has 158 valence electrons. The number of hydrogen-bond acceptors (Lipinski definition) is 5. The number of anilines is 1. The van der Waals surface area contributed by atoms with Gasteiger partial charge in [-0.05, 0) is 49.4 Å². The van der Waals surface area contributed by atoms with Crippen LogP contribution >= 0.6 is 0 Å². The fraction of sp³-hybridized carbons (Fsp3) is 0.300. The minimum atomic E-state index is -3.81. The summed E-state index contributed by atoms with van der Waals surface area (Å²) in [6.45, 7) is 2.31. The molecule has 1 atom stereocenters. The summed E-state index contributed by atoms with van der Waals surface area (Å²) in [7, 11) is -3.81. The fourth-order valence-electron chi connectivity index (χ4n) is 3.40. The SMILES string of the molecule is C[C@@H]1Oc2ccc(S(=O)(=O)N3CCN(C(=O)c4ccc(F)cc4)CC3)cc2NC1=O. The molecule has 1 fully saturated rings. The van der Waals surface area contributed by atoms with Crippen molar-refractivity contribution in [1.82, 2.24) is 9.21 Å². The standard InChI is InChI=1S/C20H20FN3O5S/c1-13-19(25)22-17-12-16(6-7-18(17)29-13)30(27,28)24-10-8-23(9-11-24)20(26)14-2-4-15(21)5-3-14/h2-7,12-13H,8-11H2,1H3,(H,22,25)/t13-/m0/s1. The second-order valence-corrected chi connectivity index (χ2v) is 9.05. The van der Waals surface area contributed by atoms with Gasteiger partial charge in [0, 0.05) is 31.7 Å². The molecule has 1 saturated heterocycles. The number of carbonyl (C=O) groups is 2. The lowest BCUT2D eigenvalue weighted by atomic mass is 10.2. The van der Waals surface area contributed by atoms with Gasteiger partial charge in [0.1, 0.15) is 11.6 Å². The van der Waals surface area contributed by atoms with Crippen LogP contribution < -0.4 is 10.1 Å². The molecule has 2 aliphatic heterocycles. The highest BCUT2D eigenvalue weighted by molar-refractivity contribution is 7.89. The Bertz CT molecular complexity index is 1100. The summed E-state index contributed by atoms with van der Waals surface area (Å²) in [6.07, 6.45) is -0.647. The van der Waals surface area contributed by atoms with Gasteiger partial charge in [-0.3, -0.25) is 9.59 Å². The van der Waals surface area contributed by atoms with Gasteiger partial charge in [-0.25, -0.2) is 12.8 Å². The zero-order chi connectivity index (χ0) is 21.5. The van der Waals surface area contributed by atoms with Gasteiger partial charge in [0.25, 0.3) is 11.8 Å². The number of nitrogens with zero attached hydrogens (tertiary/aromatic N) is 2. The van der Waals surface area contributed by atoms with Gasteiger partial charge in [0.15, 0.2) is 6.10 Å². The molecule has 0 bridgehead atoms. The summed E-state index contributed by atoms with van der Waals surface area (Å²) in [6, 6.07) is 9.59. The first-order valence-electron chi connectivity index (χ1n) is 9.42. The van der Waals surface area contributed by atoms with Crippen molar-refractivity contribution in [2.75, 3.05) is 31.5 Å². The number of fused-ring (bicyclic) bond motifs is 1. The van der Waals surface area contributed by atoms with Gasteiger partial charge in [-0.15, -0.1) is 0 Å². The highest BCUT2D eigenvalue weighted by Gasteiger charge is 2.32. The van der Waals surface area contributed by atoms with Gasteiger partial charge in [0.05, 0.1) is 10.6 Å². The lowest BCUT2D eigenvalue weighted by Gasteiger charge is -2.34. The molecule has 4 rings (SSSR count). The predicted octanol–water partition coefficient (Wildman–Crippen LogP) is 1.69. The average Bonchev–Trinajstić information content (AvgIpc) is 2.74. The molecule has 2 aliphatic rings. The minimum absolute atomic E-state index is 0.0398. The van der Waals surface area contributed by atoms with Gasteiger partial charge >= 0.3 is 0 Å². The molecule has 0 saturated carbocycles. The molecule has 8 nitrogen and oxygen atoms in total. The molecule has 2 aromatic rings. The topological polar surface area (TPSA) is 96.0 Å². The number of carbonyl (C=O) groups excluding carboxylic acids is 2. The molecular weight excluding hydrogens is 413 g/mol. The summed E-state index contributed by atoms with van der Waals surface area (Å²) in [5.41, 5.74) is 0.664. The third kappa shape index (κ3) is 3.75. The zero-order valence-corrected chi connectivity index (χ0v) is 17.0. The quantitative estimate of drug-likeness (QED) is 0.795. The summed E-state index contributed by atoms with van der Waals surface area (Å²) in [5, 5.41) is 2.64. The zero-order valence-electron chi connectivity index (χ0n) is 16.2. The number of hydrogen-bond donors (Lipinski definition) is 1. The summed E-state index contributed by atoms with van der Waals surface area (Å²) in [5.74, 6) is -0.626. The van der Waals surface area contributed by atoms with Crippen LogP contribution in [0.2, 0.25) is 0 Å². The second kappa shape index (κ2) is 7.69. The van der Waals surface area contributed by atoms with E-state index in [0.717, 1.165) is 0 Å². The highest BCUT2D eigenvalue weighted by atomic mass is 32.2. The van der Waals surface area contributed by atoms with E-state index in [-0.39, 0.29) is 42.9 Å². The lowest BCUT2D eigenvalue weighted by Crippen LogP contribution is -2.50. The molecule has 10 heteroatoms. The van der Waals surface area contributed by atoms with Gasteiger partial charge in [0.2, 0.25) is 10.0 Å². The van der Waals surface area contributed by atoms with Crippen LogP contribution in [-0.2, 0) is 14.8 Å². The van der Waals surface area contributed by atoms with Crippen LogP contribution in [0.4, 0.5) is 10.1 Å². The molecule has 0 spiro atoms. The molecule has 2 heterocycles. The fourth-order valence-corrected chi connectivity index (χ4v) is 4.85. The third-order valence-electron chi connectivity index (χ3n) is 5.14. The first-order valence-corrected chi connectivity index (χ1v) is 10.9. The van der Waals surface area contributed by atoms with Crippen molar-refractivity contribution in [2.24, 2.45) is 0 Å². The van der Waals surface area contributed by atoms with Crippen molar-refractivity contribution < 1.29 is 27.1 Å². The van der Waals surface area contributed by atoms with Crippen LogP contribution in [0.5, 0.6) is 5.75 Å². The molecule has 1 N–H and O–H groups in total. The van der Waals surface area contributed by atoms with Crippen LogP contribution in [0.15, 0.2) is 47.4 Å².